The van der Waals surface area contributed by atoms with E-state index in [1.807, 2.05) is 31.4 Å². The lowest BCUT2D eigenvalue weighted by molar-refractivity contribution is 0.907. The fourth-order valence-electron chi connectivity index (χ4n) is 2.34. The summed E-state index contributed by atoms with van der Waals surface area (Å²) in [7, 11) is 2.04. The minimum absolute atomic E-state index is 0.777. The van der Waals surface area contributed by atoms with E-state index in [4.69, 9.17) is 0 Å². The normalized spacial score (nSPS) is 10.6. The molecular weight excluding hydrogens is 258 g/mol. The Morgan fingerprint density at radius 1 is 1.00 bits per heavy atom. The van der Waals surface area contributed by atoms with Gasteiger partial charge < -0.3 is 9.88 Å². The Labute approximate surface area is 125 Å². The van der Waals surface area contributed by atoms with Gasteiger partial charge in [0.1, 0.15) is 0 Å². The van der Waals surface area contributed by atoms with Crippen LogP contribution in [0.2, 0.25) is 0 Å². The van der Waals surface area contributed by atoms with Gasteiger partial charge in [0.2, 0.25) is 5.95 Å². The van der Waals surface area contributed by atoms with E-state index in [0.29, 0.717) is 0 Å². The van der Waals surface area contributed by atoms with Crippen LogP contribution >= 0.6 is 0 Å². The number of nitrogens with zero attached hydrogens (tertiary/aromatic N) is 2. The maximum absolute atomic E-state index is 4.48. The van der Waals surface area contributed by atoms with Crippen LogP contribution < -0.4 is 5.32 Å². The van der Waals surface area contributed by atoms with Crippen LogP contribution in [-0.2, 0) is 13.6 Å². The molecule has 0 spiro atoms. The zero-order valence-corrected chi connectivity index (χ0v) is 12.4. The summed E-state index contributed by atoms with van der Waals surface area (Å²) in [5, 5.41) is 3.38. The molecule has 0 aliphatic heterocycles. The van der Waals surface area contributed by atoms with Crippen molar-refractivity contribution in [3.05, 3.63) is 71.9 Å². The zero-order chi connectivity index (χ0) is 14.7. The van der Waals surface area contributed by atoms with Crippen molar-refractivity contribution in [1.82, 2.24) is 9.55 Å². The Balaban J connectivity index is 1.78. The number of benzene rings is 2. The molecule has 0 fully saturated rings. The Morgan fingerprint density at radius 2 is 1.71 bits per heavy atom. The van der Waals surface area contributed by atoms with Crippen molar-refractivity contribution in [3.8, 4) is 11.3 Å². The number of imidazole rings is 1. The van der Waals surface area contributed by atoms with Crippen LogP contribution in [0.3, 0.4) is 0 Å². The molecule has 1 heterocycles. The van der Waals surface area contributed by atoms with Crippen LogP contribution in [0.5, 0.6) is 0 Å². The van der Waals surface area contributed by atoms with Gasteiger partial charge >= 0.3 is 0 Å². The lowest BCUT2D eigenvalue weighted by Gasteiger charge is -2.08. The van der Waals surface area contributed by atoms with Crippen molar-refractivity contribution in [3.63, 3.8) is 0 Å². The SMILES string of the molecule is Cc1ccc(-c2cnc(NCc3ccccc3)n2C)cc1. The molecule has 0 bridgehead atoms. The molecule has 0 amide bonds. The maximum atomic E-state index is 4.48. The summed E-state index contributed by atoms with van der Waals surface area (Å²) in [4.78, 5) is 4.48. The highest BCUT2D eigenvalue weighted by atomic mass is 15.2. The Bertz CT molecular complexity index is 712. The van der Waals surface area contributed by atoms with Gasteiger partial charge in [0.15, 0.2) is 0 Å². The minimum atomic E-state index is 0.777. The maximum Gasteiger partial charge on any atom is 0.203 e. The first-order chi connectivity index (χ1) is 10.2. The molecule has 0 atom stereocenters. The number of aromatic nitrogens is 2. The van der Waals surface area contributed by atoms with Crippen LogP contribution in [0.15, 0.2) is 60.8 Å². The first-order valence-electron chi connectivity index (χ1n) is 7.10. The average molecular weight is 277 g/mol. The van der Waals surface area contributed by atoms with E-state index in [2.05, 4.69) is 58.2 Å². The van der Waals surface area contributed by atoms with Gasteiger partial charge in [0.25, 0.3) is 0 Å². The predicted octanol–water partition coefficient (Wildman–Crippen LogP) is 4.01. The highest BCUT2D eigenvalue weighted by Gasteiger charge is 2.07. The van der Waals surface area contributed by atoms with Crippen LogP contribution in [0.1, 0.15) is 11.1 Å². The van der Waals surface area contributed by atoms with Gasteiger partial charge in [-0.05, 0) is 18.1 Å². The van der Waals surface area contributed by atoms with E-state index in [-0.39, 0.29) is 0 Å². The molecule has 1 aromatic heterocycles. The van der Waals surface area contributed by atoms with E-state index in [9.17, 15) is 0 Å². The molecule has 0 unspecified atom stereocenters. The van der Waals surface area contributed by atoms with Crippen molar-refractivity contribution in [2.75, 3.05) is 5.32 Å². The van der Waals surface area contributed by atoms with Crippen LogP contribution in [0.4, 0.5) is 5.95 Å². The van der Waals surface area contributed by atoms with Crippen LogP contribution in [0, 0.1) is 6.92 Å². The van der Waals surface area contributed by atoms with E-state index in [1.165, 1.54) is 16.7 Å². The lowest BCUT2D eigenvalue weighted by atomic mass is 10.1. The molecule has 0 saturated heterocycles. The second kappa shape index (κ2) is 5.83. The highest BCUT2D eigenvalue weighted by Crippen LogP contribution is 2.22. The van der Waals surface area contributed by atoms with Crippen molar-refractivity contribution >= 4 is 5.95 Å². The summed E-state index contributed by atoms with van der Waals surface area (Å²) in [5.74, 6) is 0.884. The molecule has 21 heavy (non-hydrogen) atoms. The van der Waals surface area contributed by atoms with Gasteiger partial charge in [-0.15, -0.1) is 0 Å². The van der Waals surface area contributed by atoms with Crippen molar-refractivity contribution < 1.29 is 0 Å². The Hall–Kier alpha value is -2.55. The summed E-state index contributed by atoms with van der Waals surface area (Å²) in [5.41, 5.74) is 4.81. The topological polar surface area (TPSA) is 29.9 Å². The van der Waals surface area contributed by atoms with E-state index in [0.717, 1.165) is 18.2 Å². The third-order valence-electron chi connectivity index (χ3n) is 3.63. The summed E-state index contributed by atoms with van der Waals surface area (Å²) >= 11 is 0. The van der Waals surface area contributed by atoms with Gasteiger partial charge in [-0.25, -0.2) is 4.98 Å². The quantitative estimate of drug-likeness (QED) is 0.781. The van der Waals surface area contributed by atoms with Crippen molar-refractivity contribution in [2.24, 2.45) is 7.05 Å². The van der Waals surface area contributed by atoms with Gasteiger partial charge in [-0.3, -0.25) is 0 Å². The predicted molar refractivity (Wildman–Crippen MR) is 87.1 cm³/mol. The van der Waals surface area contributed by atoms with Crippen molar-refractivity contribution in [2.45, 2.75) is 13.5 Å². The van der Waals surface area contributed by atoms with E-state index >= 15 is 0 Å². The molecule has 0 saturated carbocycles. The summed E-state index contributed by atoms with van der Waals surface area (Å²) in [6.07, 6.45) is 1.91. The molecule has 3 aromatic rings. The van der Waals surface area contributed by atoms with Crippen LogP contribution in [0.25, 0.3) is 11.3 Å². The number of aryl methyl sites for hydroxylation is 1. The number of rotatable bonds is 4. The first-order valence-corrected chi connectivity index (χ1v) is 7.10. The minimum Gasteiger partial charge on any atom is -0.352 e. The molecule has 0 aliphatic rings. The molecule has 2 aromatic carbocycles. The monoisotopic (exact) mass is 277 g/mol. The average Bonchev–Trinajstić information content (AvgIpc) is 2.88. The fraction of sp³-hybridized carbons (Fsp3) is 0.167. The van der Waals surface area contributed by atoms with E-state index < -0.39 is 0 Å². The van der Waals surface area contributed by atoms with Gasteiger partial charge in [0.05, 0.1) is 11.9 Å². The molecule has 106 valence electrons. The second-order valence-electron chi connectivity index (χ2n) is 5.23. The first kappa shape index (κ1) is 13.4. The molecular formula is C18H19N3. The zero-order valence-electron chi connectivity index (χ0n) is 12.4. The number of hydrogen-bond donors (Lipinski definition) is 1. The summed E-state index contributed by atoms with van der Waals surface area (Å²) in [6, 6.07) is 18.9. The third kappa shape index (κ3) is 2.97. The molecule has 1 N–H and O–H groups in total. The molecule has 0 radical (unpaired) electrons. The number of nitrogens with one attached hydrogen (secondary N) is 1. The lowest BCUT2D eigenvalue weighted by Crippen LogP contribution is -2.05. The molecule has 0 aliphatic carbocycles. The fourth-order valence-corrected chi connectivity index (χ4v) is 2.34. The summed E-state index contributed by atoms with van der Waals surface area (Å²) < 4.78 is 2.09. The standard InChI is InChI=1S/C18H19N3/c1-14-8-10-16(11-9-14)17-13-20-18(21(17)2)19-12-15-6-4-3-5-7-15/h3-11,13H,12H2,1-2H3,(H,19,20). The third-order valence-corrected chi connectivity index (χ3v) is 3.63. The van der Waals surface area contributed by atoms with Gasteiger partial charge in [0, 0.05) is 13.6 Å². The molecule has 3 nitrogen and oxygen atoms in total. The van der Waals surface area contributed by atoms with Gasteiger partial charge in [-0.2, -0.15) is 0 Å². The highest BCUT2D eigenvalue weighted by molar-refractivity contribution is 5.61. The number of anilines is 1. The molecule has 3 rings (SSSR count). The molecule has 3 heteroatoms. The summed E-state index contributed by atoms with van der Waals surface area (Å²) in [6.45, 7) is 2.87. The largest absolute Gasteiger partial charge is 0.352 e. The van der Waals surface area contributed by atoms with E-state index in [1.54, 1.807) is 0 Å². The smallest absolute Gasteiger partial charge is 0.203 e. The van der Waals surface area contributed by atoms with Crippen molar-refractivity contribution in [1.29, 1.82) is 0 Å². The van der Waals surface area contributed by atoms with Gasteiger partial charge in [-0.1, -0.05) is 60.2 Å². The number of hydrogen-bond acceptors (Lipinski definition) is 2. The Kier molecular flexibility index (Phi) is 3.73. The Morgan fingerprint density at radius 3 is 2.43 bits per heavy atom. The van der Waals surface area contributed by atoms with Crippen LogP contribution in [-0.4, -0.2) is 9.55 Å². The second-order valence-corrected chi connectivity index (χ2v) is 5.23.